The molecule has 0 aliphatic rings. The van der Waals surface area contributed by atoms with Gasteiger partial charge in [0.15, 0.2) is 5.78 Å². The Kier molecular flexibility index (Phi) is 4.97. The van der Waals surface area contributed by atoms with E-state index in [0.717, 1.165) is 15.6 Å². The summed E-state index contributed by atoms with van der Waals surface area (Å²) in [7, 11) is 3.32. The molecule has 2 aromatic carbocycles. The molecule has 4 nitrogen and oxygen atoms in total. The van der Waals surface area contributed by atoms with E-state index >= 15 is 0 Å². The Labute approximate surface area is 158 Å². The zero-order chi connectivity index (χ0) is 18.1. The van der Waals surface area contributed by atoms with Crippen LogP contribution in [0.5, 0.6) is 0 Å². The number of rotatable bonds is 4. The maximum atomic E-state index is 13.2. The fraction of sp³-hybridized carbons (Fsp3) is 0.158. The van der Waals surface area contributed by atoms with E-state index in [-0.39, 0.29) is 11.7 Å². The number of hydrogen-bond donors (Lipinski definition) is 1. The van der Waals surface area contributed by atoms with Gasteiger partial charge < -0.3 is 9.88 Å². The molecule has 0 saturated heterocycles. The molecule has 25 heavy (non-hydrogen) atoms. The fourth-order valence-corrected chi connectivity index (χ4v) is 3.45. The van der Waals surface area contributed by atoms with Crippen LogP contribution < -0.4 is 0 Å². The van der Waals surface area contributed by atoms with Gasteiger partial charge >= 0.3 is 0 Å². The Morgan fingerprint density at radius 2 is 1.80 bits per heavy atom. The second kappa shape index (κ2) is 7.02. The molecule has 0 aliphatic heterocycles. The summed E-state index contributed by atoms with van der Waals surface area (Å²) in [5, 5.41) is 0.708. The molecule has 1 amide bonds. The van der Waals surface area contributed by atoms with Crippen LogP contribution in [-0.2, 0) is 5.88 Å². The number of fused-ring (bicyclic) bond motifs is 1. The van der Waals surface area contributed by atoms with Crippen molar-refractivity contribution in [2.75, 3.05) is 14.1 Å². The molecule has 1 heterocycles. The zero-order valence-electron chi connectivity index (χ0n) is 13.8. The molecule has 1 N–H and O–H groups in total. The predicted molar refractivity (Wildman–Crippen MR) is 103 cm³/mol. The van der Waals surface area contributed by atoms with Gasteiger partial charge in [-0.3, -0.25) is 9.59 Å². The maximum Gasteiger partial charge on any atom is 0.270 e. The van der Waals surface area contributed by atoms with Crippen molar-refractivity contribution in [3.05, 3.63) is 69.3 Å². The summed E-state index contributed by atoms with van der Waals surface area (Å²) in [5.41, 5.74) is 2.85. The molecule has 128 valence electrons. The van der Waals surface area contributed by atoms with Crippen LogP contribution in [0.2, 0.25) is 0 Å². The molecule has 0 radical (unpaired) electrons. The van der Waals surface area contributed by atoms with Crippen molar-refractivity contribution in [2.45, 2.75) is 5.88 Å². The smallest absolute Gasteiger partial charge is 0.270 e. The molecule has 0 unspecified atom stereocenters. The number of aromatic nitrogens is 1. The van der Waals surface area contributed by atoms with Gasteiger partial charge in [0, 0.05) is 40.9 Å². The van der Waals surface area contributed by atoms with Crippen LogP contribution in [0.25, 0.3) is 10.9 Å². The molecule has 0 saturated carbocycles. The first-order valence-corrected chi connectivity index (χ1v) is 8.98. The highest BCUT2D eigenvalue weighted by Gasteiger charge is 2.26. The van der Waals surface area contributed by atoms with E-state index in [2.05, 4.69) is 20.9 Å². The minimum absolute atomic E-state index is 0.204. The third kappa shape index (κ3) is 3.22. The summed E-state index contributed by atoms with van der Waals surface area (Å²) in [6.45, 7) is 0. The number of carbonyl (C=O) groups is 2. The van der Waals surface area contributed by atoms with Gasteiger partial charge in [-0.25, -0.2) is 0 Å². The molecule has 1 aromatic heterocycles. The van der Waals surface area contributed by atoms with Crippen LogP contribution in [0.15, 0.2) is 46.9 Å². The van der Waals surface area contributed by atoms with Crippen molar-refractivity contribution in [3.8, 4) is 0 Å². The van der Waals surface area contributed by atoms with Crippen LogP contribution in [0.1, 0.15) is 32.0 Å². The van der Waals surface area contributed by atoms with Crippen molar-refractivity contribution >= 4 is 50.1 Å². The number of carbonyl (C=O) groups excluding carboxylic acids is 2. The Hall–Kier alpha value is -2.11. The SMILES string of the molecule is CN(C)C(=O)c1[nH]c2cccc(Br)c2c1C(=O)c1ccc(CCl)cc1. The molecule has 3 rings (SSSR count). The third-order valence-corrected chi connectivity index (χ3v) is 4.96. The van der Waals surface area contributed by atoms with Crippen LogP contribution in [0.3, 0.4) is 0 Å². The number of ketones is 1. The van der Waals surface area contributed by atoms with E-state index in [9.17, 15) is 9.59 Å². The molecule has 0 atom stereocenters. The third-order valence-electron chi connectivity index (χ3n) is 3.99. The quantitative estimate of drug-likeness (QED) is 0.496. The average molecular weight is 420 g/mol. The van der Waals surface area contributed by atoms with E-state index in [0.29, 0.717) is 28.1 Å². The first-order chi connectivity index (χ1) is 11.9. The van der Waals surface area contributed by atoms with Crippen molar-refractivity contribution in [1.29, 1.82) is 0 Å². The number of nitrogens with zero attached hydrogens (tertiary/aromatic N) is 1. The van der Waals surface area contributed by atoms with Gasteiger partial charge in [-0.1, -0.05) is 46.3 Å². The second-order valence-corrected chi connectivity index (χ2v) is 7.02. The molecule has 6 heteroatoms. The van der Waals surface area contributed by atoms with Gasteiger partial charge in [-0.15, -0.1) is 11.6 Å². The highest BCUT2D eigenvalue weighted by Crippen LogP contribution is 2.32. The molecule has 0 fully saturated rings. The zero-order valence-corrected chi connectivity index (χ0v) is 16.1. The number of H-pyrrole nitrogens is 1. The van der Waals surface area contributed by atoms with Gasteiger partial charge in [-0.05, 0) is 17.7 Å². The first kappa shape index (κ1) is 17.7. The summed E-state index contributed by atoms with van der Waals surface area (Å²) >= 11 is 9.31. The lowest BCUT2D eigenvalue weighted by Crippen LogP contribution is -2.24. The first-order valence-electron chi connectivity index (χ1n) is 7.65. The van der Waals surface area contributed by atoms with Gasteiger partial charge in [0.05, 0.1) is 5.56 Å². The number of aromatic amines is 1. The highest BCUT2D eigenvalue weighted by atomic mass is 79.9. The van der Waals surface area contributed by atoms with E-state index in [1.165, 1.54) is 4.90 Å². The molecular weight excluding hydrogens is 404 g/mol. The normalized spacial score (nSPS) is 10.9. The van der Waals surface area contributed by atoms with E-state index < -0.39 is 0 Å². The van der Waals surface area contributed by atoms with Crippen LogP contribution in [0, 0.1) is 0 Å². The number of alkyl halides is 1. The summed E-state index contributed by atoms with van der Waals surface area (Å²) in [5.74, 6) is -0.0643. The number of amides is 1. The Morgan fingerprint density at radius 3 is 2.40 bits per heavy atom. The monoisotopic (exact) mass is 418 g/mol. The molecule has 3 aromatic rings. The van der Waals surface area contributed by atoms with Crippen LogP contribution >= 0.6 is 27.5 Å². The topological polar surface area (TPSA) is 53.2 Å². The van der Waals surface area contributed by atoms with Crippen LogP contribution in [0.4, 0.5) is 0 Å². The summed E-state index contributed by atoms with van der Waals surface area (Å²) in [4.78, 5) is 30.3. The standard InChI is InChI=1S/C19H16BrClN2O2/c1-23(2)19(25)17-16(15-13(20)4-3-5-14(15)22-17)18(24)12-8-6-11(10-21)7-9-12/h3-9,22H,10H2,1-2H3. The summed E-state index contributed by atoms with van der Waals surface area (Å²) in [6, 6.07) is 12.7. The van der Waals surface area contributed by atoms with Crippen LogP contribution in [-0.4, -0.2) is 35.7 Å². The molecular formula is C19H16BrClN2O2. The van der Waals surface area contributed by atoms with E-state index in [1.54, 1.807) is 26.2 Å². The Morgan fingerprint density at radius 1 is 1.12 bits per heavy atom. The average Bonchev–Trinajstić information content (AvgIpc) is 3.01. The summed E-state index contributed by atoms with van der Waals surface area (Å²) < 4.78 is 0.764. The minimum Gasteiger partial charge on any atom is -0.350 e. The summed E-state index contributed by atoms with van der Waals surface area (Å²) in [6.07, 6.45) is 0. The van der Waals surface area contributed by atoms with Gasteiger partial charge in [-0.2, -0.15) is 0 Å². The van der Waals surface area contributed by atoms with E-state index in [1.807, 2.05) is 30.3 Å². The Balaban J connectivity index is 2.23. The molecule has 0 bridgehead atoms. The lowest BCUT2D eigenvalue weighted by molar-refractivity contribution is 0.0817. The number of halogens is 2. The minimum atomic E-state index is -0.246. The fourth-order valence-electron chi connectivity index (χ4n) is 2.71. The van der Waals surface area contributed by atoms with Gasteiger partial charge in [0.2, 0.25) is 0 Å². The van der Waals surface area contributed by atoms with E-state index in [4.69, 9.17) is 11.6 Å². The lowest BCUT2D eigenvalue weighted by Gasteiger charge is -2.11. The lowest BCUT2D eigenvalue weighted by atomic mass is 9.99. The number of benzene rings is 2. The molecule has 0 aliphatic carbocycles. The largest absolute Gasteiger partial charge is 0.350 e. The second-order valence-electron chi connectivity index (χ2n) is 5.90. The van der Waals surface area contributed by atoms with Gasteiger partial charge in [0.25, 0.3) is 5.91 Å². The van der Waals surface area contributed by atoms with Crippen molar-refractivity contribution in [1.82, 2.24) is 9.88 Å². The Bertz CT molecular complexity index is 961. The molecule has 0 spiro atoms. The van der Waals surface area contributed by atoms with Crippen molar-refractivity contribution in [3.63, 3.8) is 0 Å². The van der Waals surface area contributed by atoms with Crippen molar-refractivity contribution < 1.29 is 9.59 Å². The number of hydrogen-bond acceptors (Lipinski definition) is 2. The van der Waals surface area contributed by atoms with Gasteiger partial charge in [0.1, 0.15) is 5.69 Å². The number of nitrogens with one attached hydrogen (secondary N) is 1. The van der Waals surface area contributed by atoms with Crippen molar-refractivity contribution in [2.24, 2.45) is 0 Å². The highest BCUT2D eigenvalue weighted by molar-refractivity contribution is 9.10. The predicted octanol–water partition coefficient (Wildman–Crippen LogP) is 4.60. The maximum absolute atomic E-state index is 13.2.